The quantitative estimate of drug-likeness (QED) is 0.656. The van der Waals surface area contributed by atoms with E-state index in [0.29, 0.717) is 5.56 Å². The summed E-state index contributed by atoms with van der Waals surface area (Å²) in [5.74, 6) is -0.172. The predicted octanol–water partition coefficient (Wildman–Crippen LogP) is 4.67. The smallest absolute Gasteiger partial charge is 0.131 e. The number of hydrogen-bond donors (Lipinski definition) is 0. The SMILES string of the molecule is C=C(C)c1ccc(C(C)=C(C)C)c(F)c1. The van der Waals surface area contributed by atoms with Crippen molar-refractivity contribution in [3.63, 3.8) is 0 Å². The first-order chi connectivity index (χ1) is 6.93. The van der Waals surface area contributed by atoms with Crippen LogP contribution in [0.3, 0.4) is 0 Å². The van der Waals surface area contributed by atoms with Gasteiger partial charge in [0, 0.05) is 5.56 Å². The molecule has 1 aromatic carbocycles. The molecule has 0 amide bonds. The summed E-state index contributed by atoms with van der Waals surface area (Å²) < 4.78 is 13.7. The molecule has 0 radical (unpaired) electrons. The molecule has 0 spiro atoms. The van der Waals surface area contributed by atoms with Gasteiger partial charge in [0.1, 0.15) is 5.82 Å². The van der Waals surface area contributed by atoms with Crippen LogP contribution in [0.15, 0.2) is 30.4 Å². The highest BCUT2D eigenvalue weighted by atomic mass is 19.1. The predicted molar refractivity (Wildman–Crippen MR) is 65.1 cm³/mol. The van der Waals surface area contributed by atoms with Gasteiger partial charge in [0.25, 0.3) is 0 Å². The van der Waals surface area contributed by atoms with Crippen molar-refractivity contribution in [3.8, 4) is 0 Å². The molecule has 1 aromatic rings. The van der Waals surface area contributed by atoms with E-state index in [9.17, 15) is 4.39 Å². The highest BCUT2D eigenvalue weighted by Gasteiger charge is 2.06. The Morgan fingerprint density at radius 1 is 1.13 bits per heavy atom. The molecule has 0 fully saturated rings. The zero-order valence-electron chi connectivity index (χ0n) is 9.82. The molecule has 0 atom stereocenters. The Balaban J connectivity index is 3.26. The van der Waals surface area contributed by atoms with Crippen molar-refractivity contribution < 1.29 is 4.39 Å². The van der Waals surface area contributed by atoms with Gasteiger partial charge in [-0.2, -0.15) is 0 Å². The monoisotopic (exact) mass is 204 g/mol. The summed E-state index contributed by atoms with van der Waals surface area (Å²) in [5, 5.41) is 0. The van der Waals surface area contributed by atoms with Crippen molar-refractivity contribution in [2.75, 3.05) is 0 Å². The lowest BCUT2D eigenvalue weighted by molar-refractivity contribution is 0.623. The Labute approximate surface area is 91.1 Å². The molecule has 1 heteroatoms. The van der Waals surface area contributed by atoms with E-state index in [1.807, 2.05) is 39.8 Å². The van der Waals surface area contributed by atoms with Crippen LogP contribution in [0.25, 0.3) is 11.1 Å². The molecule has 0 heterocycles. The molecule has 0 aliphatic rings. The molecule has 15 heavy (non-hydrogen) atoms. The van der Waals surface area contributed by atoms with Crippen LogP contribution in [0, 0.1) is 5.82 Å². The molecular weight excluding hydrogens is 187 g/mol. The topological polar surface area (TPSA) is 0 Å². The van der Waals surface area contributed by atoms with Gasteiger partial charge < -0.3 is 0 Å². The summed E-state index contributed by atoms with van der Waals surface area (Å²) in [6.07, 6.45) is 0. The fourth-order valence-electron chi connectivity index (χ4n) is 1.35. The van der Waals surface area contributed by atoms with Crippen molar-refractivity contribution in [2.24, 2.45) is 0 Å². The van der Waals surface area contributed by atoms with Crippen LogP contribution in [-0.4, -0.2) is 0 Å². The van der Waals surface area contributed by atoms with E-state index < -0.39 is 0 Å². The van der Waals surface area contributed by atoms with E-state index in [0.717, 1.165) is 22.3 Å². The Morgan fingerprint density at radius 3 is 2.13 bits per heavy atom. The van der Waals surface area contributed by atoms with E-state index in [4.69, 9.17) is 0 Å². The van der Waals surface area contributed by atoms with Gasteiger partial charge in [0.15, 0.2) is 0 Å². The molecule has 0 saturated heterocycles. The standard InChI is InChI=1S/C14H17F/c1-9(2)11(5)13-7-6-12(10(3)4)8-14(13)15/h6-8H,3H2,1-2,4-5H3. The number of benzene rings is 1. The molecule has 0 saturated carbocycles. The average Bonchev–Trinajstić information content (AvgIpc) is 2.16. The Kier molecular flexibility index (Phi) is 3.46. The minimum Gasteiger partial charge on any atom is -0.206 e. The Hall–Kier alpha value is -1.37. The molecule has 80 valence electrons. The van der Waals surface area contributed by atoms with E-state index >= 15 is 0 Å². The van der Waals surface area contributed by atoms with Gasteiger partial charge in [-0.1, -0.05) is 29.9 Å². The van der Waals surface area contributed by atoms with Gasteiger partial charge in [0.2, 0.25) is 0 Å². The third-order valence-electron chi connectivity index (χ3n) is 2.62. The molecule has 1 rings (SSSR count). The normalized spacial score (nSPS) is 9.93. The lowest BCUT2D eigenvalue weighted by Crippen LogP contribution is -1.90. The lowest BCUT2D eigenvalue weighted by atomic mass is 9.99. The molecule has 0 nitrogen and oxygen atoms in total. The average molecular weight is 204 g/mol. The fourth-order valence-corrected chi connectivity index (χ4v) is 1.35. The summed E-state index contributed by atoms with van der Waals surface area (Å²) in [5.41, 5.74) is 4.56. The second-order valence-electron chi connectivity index (χ2n) is 4.10. The van der Waals surface area contributed by atoms with Crippen LogP contribution in [0.2, 0.25) is 0 Å². The third kappa shape index (κ3) is 2.56. The zero-order chi connectivity index (χ0) is 11.6. The van der Waals surface area contributed by atoms with E-state index in [1.54, 1.807) is 6.07 Å². The van der Waals surface area contributed by atoms with Crippen molar-refractivity contribution in [1.29, 1.82) is 0 Å². The van der Waals surface area contributed by atoms with Gasteiger partial charge >= 0.3 is 0 Å². The molecule has 0 bridgehead atoms. The maximum absolute atomic E-state index is 13.7. The van der Waals surface area contributed by atoms with Crippen LogP contribution in [-0.2, 0) is 0 Å². The summed E-state index contributed by atoms with van der Waals surface area (Å²) in [7, 11) is 0. The summed E-state index contributed by atoms with van der Waals surface area (Å²) in [6, 6.07) is 5.28. The van der Waals surface area contributed by atoms with Gasteiger partial charge in [0.05, 0.1) is 0 Å². The molecule has 0 unspecified atom stereocenters. The van der Waals surface area contributed by atoms with Gasteiger partial charge in [-0.25, -0.2) is 4.39 Å². The first-order valence-corrected chi connectivity index (χ1v) is 5.03. The molecule has 0 aliphatic heterocycles. The fraction of sp³-hybridized carbons (Fsp3) is 0.286. The van der Waals surface area contributed by atoms with E-state index in [1.165, 1.54) is 0 Å². The minimum absolute atomic E-state index is 0.172. The van der Waals surface area contributed by atoms with E-state index in [-0.39, 0.29) is 5.82 Å². The first kappa shape index (κ1) is 11.7. The zero-order valence-corrected chi connectivity index (χ0v) is 9.82. The van der Waals surface area contributed by atoms with Gasteiger partial charge in [-0.3, -0.25) is 0 Å². The van der Waals surface area contributed by atoms with Crippen LogP contribution < -0.4 is 0 Å². The van der Waals surface area contributed by atoms with Gasteiger partial charge in [-0.15, -0.1) is 0 Å². The molecule has 0 aromatic heterocycles. The number of allylic oxidation sites excluding steroid dienone is 3. The van der Waals surface area contributed by atoms with E-state index in [2.05, 4.69) is 6.58 Å². The largest absolute Gasteiger partial charge is 0.206 e. The van der Waals surface area contributed by atoms with Crippen molar-refractivity contribution in [3.05, 3.63) is 47.3 Å². The Bertz CT molecular complexity index is 421. The second-order valence-corrected chi connectivity index (χ2v) is 4.10. The van der Waals surface area contributed by atoms with Crippen molar-refractivity contribution in [2.45, 2.75) is 27.7 Å². The number of halogens is 1. The molecule has 0 aliphatic carbocycles. The van der Waals surface area contributed by atoms with Crippen LogP contribution in [0.1, 0.15) is 38.8 Å². The van der Waals surface area contributed by atoms with Crippen LogP contribution >= 0.6 is 0 Å². The Morgan fingerprint density at radius 2 is 1.73 bits per heavy atom. The molecular formula is C14H17F. The first-order valence-electron chi connectivity index (χ1n) is 5.03. The molecule has 0 N–H and O–H groups in total. The number of hydrogen-bond acceptors (Lipinski definition) is 0. The summed E-state index contributed by atoms with van der Waals surface area (Å²) >= 11 is 0. The maximum Gasteiger partial charge on any atom is 0.131 e. The summed E-state index contributed by atoms with van der Waals surface area (Å²) in [4.78, 5) is 0. The van der Waals surface area contributed by atoms with Crippen molar-refractivity contribution in [1.82, 2.24) is 0 Å². The highest BCUT2D eigenvalue weighted by Crippen LogP contribution is 2.23. The van der Waals surface area contributed by atoms with Crippen molar-refractivity contribution >= 4 is 11.1 Å². The lowest BCUT2D eigenvalue weighted by Gasteiger charge is -2.08. The highest BCUT2D eigenvalue weighted by molar-refractivity contribution is 5.69. The van der Waals surface area contributed by atoms with Gasteiger partial charge in [-0.05, 0) is 44.9 Å². The van der Waals surface area contributed by atoms with Crippen LogP contribution in [0.4, 0.5) is 4.39 Å². The third-order valence-corrected chi connectivity index (χ3v) is 2.62. The second kappa shape index (κ2) is 4.43. The number of rotatable bonds is 2. The minimum atomic E-state index is -0.172. The van der Waals surface area contributed by atoms with Crippen LogP contribution in [0.5, 0.6) is 0 Å². The summed E-state index contributed by atoms with van der Waals surface area (Å²) in [6.45, 7) is 11.6. The maximum atomic E-state index is 13.7.